The molecule has 3 amide bonds. The van der Waals surface area contributed by atoms with E-state index in [1.54, 1.807) is 18.1 Å². The number of nitrogens with one attached hydrogen (secondary N) is 2. The molecule has 3 heterocycles. The quantitative estimate of drug-likeness (QED) is 0.262. The summed E-state index contributed by atoms with van der Waals surface area (Å²) in [5, 5.41) is 15.3. The average Bonchev–Trinajstić information content (AvgIpc) is 3.72. The molecule has 1 fully saturated rings. The van der Waals surface area contributed by atoms with Gasteiger partial charge in [0.05, 0.1) is 11.7 Å². The molecular weight excluding hydrogens is 542 g/mol. The van der Waals surface area contributed by atoms with E-state index in [-0.39, 0.29) is 31.2 Å². The summed E-state index contributed by atoms with van der Waals surface area (Å²) < 4.78 is 1.88. The van der Waals surface area contributed by atoms with Gasteiger partial charge < -0.3 is 29.8 Å². The van der Waals surface area contributed by atoms with Crippen molar-refractivity contribution in [3.63, 3.8) is 0 Å². The number of aliphatic hydroxyl groups excluding tert-OH is 1. The van der Waals surface area contributed by atoms with E-state index < -0.39 is 24.1 Å². The molecule has 43 heavy (non-hydrogen) atoms. The highest BCUT2D eigenvalue weighted by Gasteiger charge is 2.41. The number of aliphatic hydroxyl groups is 1. The van der Waals surface area contributed by atoms with Gasteiger partial charge in [-0.2, -0.15) is 0 Å². The lowest BCUT2D eigenvalue weighted by Gasteiger charge is -2.28. The third-order valence-electron chi connectivity index (χ3n) is 8.32. The molecule has 6 rings (SSSR count). The van der Waals surface area contributed by atoms with Crippen LogP contribution in [0.3, 0.4) is 0 Å². The van der Waals surface area contributed by atoms with Crippen molar-refractivity contribution in [1.29, 1.82) is 0 Å². The van der Waals surface area contributed by atoms with Crippen molar-refractivity contribution in [2.45, 2.75) is 37.6 Å². The van der Waals surface area contributed by atoms with Gasteiger partial charge in [-0.15, -0.1) is 0 Å². The lowest BCUT2D eigenvalue weighted by Crippen LogP contribution is -2.54. The molecule has 5 aromatic rings. The van der Waals surface area contributed by atoms with Crippen molar-refractivity contribution >= 4 is 39.5 Å². The van der Waals surface area contributed by atoms with E-state index in [1.165, 1.54) is 4.90 Å². The van der Waals surface area contributed by atoms with E-state index in [1.807, 2.05) is 96.7 Å². The summed E-state index contributed by atoms with van der Waals surface area (Å²) in [5.41, 5.74) is 4.19. The van der Waals surface area contributed by atoms with Gasteiger partial charge in [-0.3, -0.25) is 14.4 Å². The molecule has 0 bridgehead atoms. The van der Waals surface area contributed by atoms with Crippen molar-refractivity contribution in [3.8, 4) is 0 Å². The van der Waals surface area contributed by atoms with Crippen LogP contribution in [0.25, 0.3) is 21.8 Å². The molecule has 9 heteroatoms. The highest BCUT2D eigenvalue weighted by Crippen LogP contribution is 2.27. The number of para-hydroxylation sites is 2. The zero-order valence-electron chi connectivity index (χ0n) is 24.2. The largest absolute Gasteiger partial charge is 0.391 e. The number of likely N-dealkylation sites (tertiary alicyclic amines) is 1. The molecule has 1 saturated heterocycles. The molecule has 0 spiro atoms. The van der Waals surface area contributed by atoms with Crippen LogP contribution in [0.15, 0.2) is 91.3 Å². The minimum atomic E-state index is -0.917. The smallest absolute Gasteiger partial charge is 0.256 e. The maximum Gasteiger partial charge on any atom is 0.256 e. The molecule has 0 saturated carbocycles. The molecule has 2 aromatic heterocycles. The molecular formula is C34H35N5O4. The predicted molar refractivity (Wildman–Crippen MR) is 165 cm³/mol. The van der Waals surface area contributed by atoms with Gasteiger partial charge in [0.15, 0.2) is 0 Å². The van der Waals surface area contributed by atoms with Crippen molar-refractivity contribution in [3.05, 3.63) is 108 Å². The molecule has 0 radical (unpaired) electrons. The Hall–Kier alpha value is -4.89. The summed E-state index contributed by atoms with van der Waals surface area (Å²) in [6.07, 6.45) is 3.13. The van der Waals surface area contributed by atoms with E-state index in [0.717, 1.165) is 32.9 Å². The van der Waals surface area contributed by atoms with Crippen LogP contribution in [0.5, 0.6) is 0 Å². The molecule has 1 aliphatic rings. The van der Waals surface area contributed by atoms with Gasteiger partial charge in [-0.1, -0.05) is 66.7 Å². The number of carbonyl (C=O) groups is 3. The third kappa shape index (κ3) is 5.63. The number of aryl methyl sites for hydroxylation is 1. The Morgan fingerprint density at radius 3 is 2.49 bits per heavy atom. The number of aromatic amines is 1. The third-order valence-corrected chi connectivity index (χ3v) is 8.32. The van der Waals surface area contributed by atoms with E-state index in [4.69, 9.17) is 0 Å². The van der Waals surface area contributed by atoms with E-state index >= 15 is 0 Å². The van der Waals surface area contributed by atoms with Gasteiger partial charge in [-0.05, 0) is 23.3 Å². The molecule has 3 atom stereocenters. The predicted octanol–water partition coefficient (Wildman–Crippen LogP) is 3.62. The highest BCUT2D eigenvalue weighted by atomic mass is 16.3. The fourth-order valence-electron chi connectivity index (χ4n) is 6.14. The van der Waals surface area contributed by atoms with E-state index in [9.17, 15) is 19.5 Å². The number of H-pyrrole nitrogens is 1. The first-order valence-electron chi connectivity index (χ1n) is 14.5. The zero-order chi connectivity index (χ0) is 30.1. The van der Waals surface area contributed by atoms with Crippen LogP contribution < -0.4 is 5.32 Å². The first-order chi connectivity index (χ1) is 20.8. The molecule has 1 unspecified atom stereocenters. The average molecular weight is 578 g/mol. The second-order valence-corrected chi connectivity index (χ2v) is 11.3. The van der Waals surface area contributed by atoms with E-state index in [0.29, 0.717) is 12.1 Å². The minimum absolute atomic E-state index is 0.0368. The van der Waals surface area contributed by atoms with Gasteiger partial charge in [0, 0.05) is 74.2 Å². The normalized spacial score (nSPS) is 17.3. The van der Waals surface area contributed by atoms with Crippen LogP contribution in [-0.2, 0) is 29.6 Å². The number of fused-ring (bicyclic) bond motifs is 2. The van der Waals surface area contributed by atoms with Crippen LogP contribution in [0.2, 0.25) is 0 Å². The number of hydrogen-bond acceptors (Lipinski definition) is 4. The van der Waals surface area contributed by atoms with Gasteiger partial charge in [0.25, 0.3) is 5.91 Å². The van der Waals surface area contributed by atoms with Crippen LogP contribution in [0.4, 0.5) is 0 Å². The number of amides is 3. The Bertz CT molecular complexity index is 1790. The first kappa shape index (κ1) is 28.2. The number of carbonyl (C=O) groups excluding carboxylic acids is 3. The Labute approximate surface area is 249 Å². The number of aromatic nitrogens is 2. The van der Waals surface area contributed by atoms with Crippen molar-refractivity contribution in [2.75, 3.05) is 13.6 Å². The molecule has 9 nitrogen and oxygen atoms in total. The second kappa shape index (κ2) is 11.8. The zero-order valence-corrected chi connectivity index (χ0v) is 24.2. The summed E-state index contributed by atoms with van der Waals surface area (Å²) in [5.74, 6) is -1.03. The van der Waals surface area contributed by atoms with E-state index in [2.05, 4.69) is 10.3 Å². The highest BCUT2D eigenvalue weighted by molar-refractivity contribution is 6.08. The standard InChI is InChI=1S/C34H35N5O4/c1-37-21-27(26-13-7-9-15-30(26)37)33(42)39-20-24(40)17-31(39)32(41)36-29(16-23-18-35-28-14-8-6-12-25(23)28)34(43)38(2)19-22-10-4-3-5-11-22/h3-15,18,21,24,29,31,35,40H,16-17,19-20H2,1-2H3,(H,36,41)/t24-,29-,31?/m1/s1. The van der Waals surface area contributed by atoms with Crippen LogP contribution in [0.1, 0.15) is 27.9 Å². The fraction of sp³-hybridized carbons (Fsp3) is 0.265. The Morgan fingerprint density at radius 2 is 1.70 bits per heavy atom. The summed E-state index contributed by atoms with van der Waals surface area (Å²) in [6.45, 7) is 0.420. The SMILES string of the molecule is CN(Cc1ccccc1)C(=O)[C@@H](Cc1c[nH]c2ccccc12)NC(=O)C1C[C@@H](O)CN1C(=O)c1cn(C)c2ccccc12. The minimum Gasteiger partial charge on any atom is -0.391 e. The topological polar surface area (TPSA) is 111 Å². The number of β-amino-alcohol motifs (C(OH)–C–C–N with tert-alkyl or cyclic N) is 1. The lowest BCUT2D eigenvalue weighted by molar-refractivity contribution is -0.136. The molecule has 3 aromatic carbocycles. The Morgan fingerprint density at radius 1 is 1.00 bits per heavy atom. The number of rotatable bonds is 8. The molecule has 0 aliphatic carbocycles. The Balaban J connectivity index is 1.27. The first-order valence-corrected chi connectivity index (χ1v) is 14.5. The van der Waals surface area contributed by atoms with Crippen molar-refractivity contribution in [1.82, 2.24) is 24.7 Å². The van der Waals surface area contributed by atoms with Crippen molar-refractivity contribution in [2.24, 2.45) is 7.05 Å². The number of benzene rings is 3. The molecule has 220 valence electrons. The van der Waals surface area contributed by atoms with Crippen molar-refractivity contribution < 1.29 is 19.5 Å². The van der Waals surface area contributed by atoms with Gasteiger partial charge in [-0.25, -0.2) is 0 Å². The fourth-order valence-corrected chi connectivity index (χ4v) is 6.14. The van der Waals surface area contributed by atoms with Crippen LogP contribution in [-0.4, -0.2) is 74.0 Å². The van der Waals surface area contributed by atoms with Gasteiger partial charge >= 0.3 is 0 Å². The monoisotopic (exact) mass is 577 g/mol. The number of likely N-dealkylation sites (N-methyl/N-ethyl adjacent to an activating group) is 1. The molecule has 1 aliphatic heterocycles. The maximum atomic E-state index is 13.9. The van der Waals surface area contributed by atoms with Gasteiger partial charge in [0.2, 0.25) is 11.8 Å². The second-order valence-electron chi connectivity index (χ2n) is 11.3. The van der Waals surface area contributed by atoms with Crippen LogP contribution in [0, 0.1) is 0 Å². The number of hydrogen-bond donors (Lipinski definition) is 3. The number of nitrogens with zero attached hydrogens (tertiary/aromatic N) is 3. The summed E-state index contributed by atoms with van der Waals surface area (Å²) in [7, 11) is 3.59. The summed E-state index contributed by atoms with van der Waals surface area (Å²) >= 11 is 0. The maximum absolute atomic E-state index is 13.9. The lowest BCUT2D eigenvalue weighted by atomic mass is 10.0. The Kier molecular flexibility index (Phi) is 7.73. The van der Waals surface area contributed by atoms with Crippen LogP contribution >= 0.6 is 0 Å². The molecule has 3 N–H and O–H groups in total. The summed E-state index contributed by atoms with van der Waals surface area (Å²) in [6, 6.07) is 23.3. The van der Waals surface area contributed by atoms with Gasteiger partial charge in [0.1, 0.15) is 12.1 Å². The summed E-state index contributed by atoms with van der Waals surface area (Å²) in [4.78, 5) is 47.9.